The van der Waals surface area contributed by atoms with Crippen molar-refractivity contribution in [1.82, 2.24) is 14.9 Å². The monoisotopic (exact) mass is 309 g/mol. The maximum Gasteiger partial charge on any atom is 0.263 e. The highest BCUT2D eigenvalue weighted by atomic mass is 16.3. The number of nitrogens with one attached hydrogen (secondary N) is 1. The predicted molar refractivity (Wildman–Crippen MR) is 87.1 cm³/mol. The van der Waals surface area contributed by atoms with E-state index in [2.05, 4.69) is 39.1 Å². The first kappa shape index (κ1) is 14.2. The molecular weight excluding hydrogens is 290 g/mol. The largest absolute Gasteiger partial charge is 0.442 e. The summed E-state index contributed by atoms with van der Waals surface area (Å²) in [5.74, 6) is 0.332. The summed E-state index contributed by atoms with van der Waals surface area (Å²) in [4.78, 5) is 21.9. The van der Waals surface area contributed by atoms with Crippen LogP contribution in [0.4, 0.5) is 0 Å². The molecule has 0 atom stereocenters. The van der Waals surface area contributed by atoms with Gasteiger partial charge in [0.15, 0.2) is 0 Å². The van der Waals surface area contributed by atoms with Gasteiger partial charge >= 0.3 is 0 Å². The zero-order valence-corrected chi connectivity index (χ0v) is 12.9. The Bertz CT molecular complexity index is 799. The van der Waals surface area contributed by atoms with Crippen LogP contribution in [0.15, 0.2) is 47.3 Å². The molecule has 1 fully saturated rings. The first-order valence-corrected chi connectivity index (χ1v) is 8.02. The summed E-state index contributed by atoms with van der Waals surface area (Å²) in [6, 6.07) is 8.62. The maximum absolute atomic E-state index is 12.3. The summed E-state index contributed by atoms with van der Waals surface area (Å²) in [5.41, 5.74) is 2.48. The Morgan fingerprint density at radius 3 is 2.96 bits per heavy atom. The van der Waals surface area contributed by atoms with E-state index in [4.69, 9.17) is 4.42 Å². The maximum atomic E-state index is 12.3. The minimum Gasteiger partial charge on any atom is -0.442 e. The normalized spacial score (nSPS) is 16.9. The summed E-state index contributed by atoms with van der Waals surface area (Å²) in [7, 11) is 0. The zero-order chi connectivity index (χ0) is 15.6. The summed E-state index contributed by atoms with van der Waals surface area (Å²) < 4.78 is 5.13. The molecule has 1 N–H and O–H groups in total. The van der Waals surface area contributed by atoms with Gasteiger partial charge in [0.25, 0.3) is 5.89 Å². The van der Waals surface area contributed by atoms with Crippen LogP contribution < -0.4 is 0 Å². The molecule has 0 spiro atoms. The molecule has 3 aromatic rings. The molecule has 118 valence electrons. The Morgan fingerprint density at radius 2 is 2.17 bits per heavy atom. The summed E-state index contributed by atoms with van der Waals surface area (Å²) in [6.07, 6.45) is 6.68. The van der Waals surface area contributed by atoms with Gasteiger partial charge in [-0.25, -0.2) is 4.98 Å². The summed E-state index contributed by atoms with van der Waals surface area (Å²) >= 11 is 0. The number of piperidine rings is 1. The Labute approximate surface area is 134 Å². The van der Waals surface area contributed by atoms with Crippen molar-refractivity contribution < 1.29 is 9.21 Å². The van der Waals surface area contributed by atoms with Crippen molar-refractivity contribution in [3.8, 4) is 0 Å². The Hall–Kier alpha value is -2.40. The lowest BCUT2D eigenvalue weighted by atomic mass is 9.92. The lowest BCUT2D eigenvalue weighted by Crippen LogP contribution is -2.36. The van der Waals surface area contributed by atoms with E-state index in [0.717, 1.165) is 32.5 Å². The molecule has 5 nitrogen and oxygen atoms in total. The van der Waals surface area contributed by atoms with Gasteiger partial charge in [0.2, 0.25) is 5.78 Å². The number of Topliss-reactive ketones (excluding diaryl/α,β-unsaturated/α-hetero) is 1. The fourth-order valence-corrected chi connectivity index (χ4v) is 3.32. The number of hydrogen-bond acceptors (Lipinski definition) is 4. The standard InChI is InChI=1S/C18H19N3O2/c22-17(18-20-7-10-23-18)15-4-8-21(9-5-15)12-13-1-2-14-3-6-19-16(14)11-13/h1-3,6-7,10-11,15,19H,4-5,8-9,12H2. The quantitative estimate of drug-likeness (QED) is 0.751. The number of oxazole rings is 1. The van der Waals surface area contributed by atoms with E-state index in [1.165, 1.54) is 28.9 Å². The second kappa shape index (κ2) is 6.01. The van der Waals surface area contributed by atoms with Crippen LogP contribution in [0.25, 0.3) is 10.9 Å². The van der Waals surface area contributed by atoms with Gasteiger partial charge in [0.1, 0.15) is 6.26 Å². The number of aromatic amines is 1. The smallest absolute Gasteiger partial charge is 0.263 e. The van der Waals surface area contributed by atoms with Crippen molar-refractivity contribution in [1.29, 1.82) is 0 Å². The van der Waals surface area contributed by atoms with E-state index >= 15 is 0 Å². The molecule has 0 amide bonds. The van der Waals surface area contributed by atoms with Crippen LogP contribution in [0.3, 0.4) is 0 Å². The topological polar surface area (TPSA) is 62.1 Å². The molecule has 23 heavy (non-hydrogen) atoms. The Balaban J connectivity index is 1.37. The number of H-pyrrole nitrogens is 1. The number of carbonyl (C=O) groups is 1. The molecular formula is C18H19N3O2. The third kappa shape index (κ3) is 2.92. The molecule has 3 heterocycles. The van der Waals surface area contributed by atoms with E-state index in [0.29, 0.717) is 0 Å². The number of benzene rings is 1. The highest BCUT2D eigenvalue weighted by Gasteiger charge is 2.28. The molecule has 0 radical (unpaired) electrons. The molecule has 0 bridgehead atoms. The SMILES string of the molecule is O=C(c1ncco1)C1CCN(Cc2ccc3cc[nH]c3c2)CC1. The van der Waals surface area contributed by atoms with Crippen LogP contribution in [0.2, 0.25) is 0 Å². The number of hydrogen-bond donors (Lipinski definition) is 1. The Kier molecular flexibility index (Phi) is 3.71. The van der Waals surface area contributed by atoms with Crippen molar-refractivity contribution in [3.63, 3.8) is 0 Å². The average molecular weight is 309 g/mol. The van der Waals surface area contributed by atoms with Crippen molar-refractivity contribution in [2.45, 2.75) is 19.4 Å². The van der Waals surface area contributed by atoms with Crippen molar-refractivity contribution in [2.75, 3.05) is 13.1 Å². The van der Waals surface area contributed by atoms with Gasteiger partial charge < -0.3 is 9.40 Å². The van der Waals surface area contributed by atoms with Crippen molar-refractivity contribution in [3.05, 3.63) is 54.4 Å². The highest BCUT2D eigenvalue weighted by Crippen LogP contribution is 2.23. The number of carbonyl (C=O) groups excluding carboxylic acids is 1. The van der Waals surface area contributed by atoms with Crippen LogP contribution in [-0.2, 0) is 6.54 Å². The number of likely N-dealkylation sites (tertiary alicyclic amines) is 1. The predicted octanol–water partition coefficient (Wildman–Crippen LogP) is 3.25. The van der Waals surface area contributed by atoms with Crippen LogP contribution in [0, 0.1) is 5.92 Å². The number of aromatic nitrogens is 2. The van der Waals surface area contributed by atoms with Gasteiger partial charge in [-0.15, -0.1) is 0 Å². The van der Waals surface area contributed by atoms with Crippen LogP contribution >= 0.6 is 0 Å². The molecule has 0 aliphatic carbocycles. The number of nitrogens with zero attached hydrogens (tertiary/aromatic N) is 2. The van der Waals surface area contributed by atoms with Crippen molar-refractivity contribution >= 4 is 16.7 Å². The molecule has 2 aromatic heterocycles. The molecule has 4 rings (SSSR count). The third-order valence-corrected chi connectivity index (χ3v) is 4.63. The number of rotatable bonds is 4. The van der Waals surface area contributed by atoms with Gasteiger partial charge in [0.05, 0.1) is 6.20 Å². The van der Waals surface area contributed by atoms with Gasteiger partial charge in [-0.05, 0) is 49.0 Å². The summed E-state index contributed by atoms with van der Waals surface area (Å²) in [5, 5.41) is 1.24. The molecule has 1 aliphatic heterocycles. The minimum atomic E-state index is 0.0378. The molecule has 0 saturated carbocycles. The number of ketones is 1. The van der Waals surface area contributed by atoms with Crippen molar-refractivity contribution in [2.24, 2.45) is 5.92 Å². The zero-order valence-electron chi connectivity index (χ0n) is 12.9. The Morgan fingerprint density at radius 1 is 1.30 bits per heavy atom. The first-order chi connectivity index (χ1) is 11.3. The van der Waals surface area contributed by atoms with Crippen LogP contribution in [0.5, 0.6) is 0 Å². The average Bonchev–Trinajstić information content (AvgIpc) is 3.26. The third-order valence-electron chi connectivity index (χ3n) is 4.63. The second-order valence-electron chi connectivity index (χ2n) is 6.15. The van der Waals surface area contributed by atoms with Crippen LogP contribution in [0.1, 0.15) is 29.1 Å². The van der Waals surface area contributed by atoms with E-state index in [-0.39, 0.29) is 17.6 Å². The molecule has 1 aromatic carbocycles. The van der Waals surface area contributed by atoms with Gasteiger partial charge in [0, 0.05) is 24.2 Å². The van der Waals surface area contributed by atoms with E-state index in [1.807, 2.05) is 6.20 Å². The fourth-order valence-electron chi connectivity index (χ4n) is 3.32. The van der Waals surface area contributed by atoms with E-state index in [9.17, 15) is 4.79 Å². The van der Waals surface area contributed by atoms with Gasteiger partial charge in [-0.1, -0.05) is 12.1 Å². The minimum absolute atomic E-state index is 0.0378. The summed E-state index contributed by atoms with van der Waals surface area (Å²) in [6.45, 7) is 2.79. The van der Waals surface area contributed by atoms with Gasteiger partial charge in [-0.2, -0.15) is 0 Å². The first-order valence-electron chi connectivity index (χ1n) is 8.02. The number of fused-ring (bicyclic) bond motifs is 1. The molecule has 0 unspecified atom stereocenters. The molecule has 1 aliphatic rings. The van der Waals surface area contributed by atoms with Gasteiger partial charge in [-0.3, -0.25) is 9.69 Å². The van der Waals surface area contributed by atoms with E-state index < -0.39 is 0 Å². The second-order valence-corrected chi connectivity index (χ2v) is 6.15. The lowest BCUT2D eigenvalue weighted by molar-refractivity contribution is 0.0799. The fraction of sp³-hybridized carbons (Fsp3) is 0.333. The van der Waals surface area contributed by atoms with E-state index in [1.54, 1.807) is 0 Å². The van der Waals surface area contributed by atoms with Crippen LogP contribution in [-0.4, -0.2) is 33.7 Å². The highest BCUT2D eigenvalue weighted by molar-refractivity contribution is 5.93. The lowest BCUT2D eigenvalue weighted by Gasteiger charge is -2.30. The molecule has 5 heteroatoms. The molecule has 1 saturated heterocycles.